The van der Waals surface area contributed by atoms with Crippen LogP contribution >= 0.6 is 0 Å². The number of benzene rings is 1. The van der Waals surface area contributed by atoms with Gasteiger partial charge in [-0.1, -0.05) is 12.1 Å². The van der Waals surface area contributed by atoms with Crippen molar-refractivity contribution in [2.75, 3.05) is 11.4 Å². The van der Waals surface area contributed by atoms with Gasteiger partial charge in [0.2, 0.25) is 0 Å². The van der Waals surface area contributed by atoms with E-state index in [1.807, 2.05) is 0 Å². The summed E-state index contributed by atoms with van der Waals surface area (Å²) in [4.78, 5) is 2.44. The van der Waals surface area contributed by atoms with Crippen LogP contribution in [0.5, 0.6) is 0 Å². The first-order valence-electron chi connectivity index (χ1n) is 5.54. The van der Waals surface area contributed by atoms with E-state index in [-0.39, 0.29) is 0 Å². The van der Waals surface area contributed by atoms with Crippen molar-refractivity contribution in [1.29, 1.82) is 5.26 Å². The van der Waals surface area contributed by atoms with Crippen molar-refractivity contribution in [2.24, 2.45) is 0 Å². The normalized spacial score (nSPS) is 20.3. The van der Waals surface area contributed by atoms with Gasteiger partial charge in [-0.2, -0.15) is 5.26 Å². The van der Waals surface area contributed by atoms with Gasteiger partial charge in [-0.3, -0.25) is 0 Å². The van der Waals surface area contributed by atoms with Crippen molar-refractivity contribution in [2.45, 2.75) is 32.2 Å². The predicted octanol–water partition coefficient (Wildman–Crippen LogP) is 2.74. The Morgan fingerprint density at radius 1 is 1.40 bits per heavy atom. The summed E-state index contributed by atoms with van der Waals surface area (Å²) in [6.45, 7) is 3.44. The highest BCUT2D eigenvalue weighted by atomic mass is 15.2. The zero-order chi connectivity index (χ0) is 10.7. The maximum atomic E-state index is 8.58. The summed E-state index contributed by atoms with van der Waals surface area (Å²) in [6, 6.07) is 11.2. The molecule has 0 spiro atoms. The van der Waals surface area contributed by atoms with Crippen LogP contribution in [0.1, 0.15) is 25.3 Å². The number of anilines is 1. The van der Waals surface area contributed by atoms with Crippen LogP contribution in [-0.2, 0) is 6.42 Å². The fourth-order valence-corrected chi connectivity index (χ4v) is 2.21. The lowest BCUT2D eigenvalue weighted by atomic mass is 10.1. The second-order valence-corrected chi connectivity index (χ2v) is 4.19. The maximum Gasteiger partial charge on any atom is 0.0669 e. The van der Waals surface area contributed by atoms with Crippen molar-refractivity contribution >= 4 is 5.69 Å². The van der Waals surface area contributed by atoms with Crippen LogP contribution in [0.25, 0.3) is 0 Å². The number of hydrogen-bond donors (Lipinski definition) is 0. The van der Waals surface area contributed by atoms with Gasteiger partial charge in [0.05, 0.1) is 12.5 Å². The molecule has 0 bridgehead atoms. The second kappa shape index (κ2) is 4.35. The molecule has 2 heteroatoms. The summed E-state index contributed by atoms with van der Waals surface area (Å²) in [5.74, 6) is 0. The van der Waals surface area contributed by atoms with Gasteiger partial charge in [0.15, 0.2) is 0 Å². The number of hydrogen-bond acceptors (Lipinski definition) is 2. The minimum Gasteiger partial charge on any atom is -0.369 e. The van der Waals surface area contributed by atoms with Gasteiger partial charge in [0.25, 0.3) is 0 Å². The fraction of sp³-hybridized carbons (Fsp3) is 0.462. The average Bonchev–Trinajstić information content (AvgIpc) is 2.66. The molecule has 1 fully saturated rings. The Labute approximate surface area is 91.1 Å². The number of nitrogens with zero attached hydrogens (tertiary/aromatic N) is 2. The highest BCUT2D eigenvalue weighted by Crippen LogP contribution is 2.25. The Morgan fingerprint density at radius 3 is 2.67 bits per heavy atom. The molecule has 1 atom stereocenters. The lowest BCUT2D eigenvalue weighted by Crippen LogP contribution is -2.25. The number of nitriles is 1. The van der Waals surface area contributed by atoms with Crippen molar-refractivity contribution in [1.82, 2.24) is 0 Å². The van der Waals surface area contributed by atoms with Crippen molar-refractivity contribution < 1.29 is 0 Å². The first-order chi connectivity index (χ1) is 7.31. The van der Waals surface area contributed by atoms with Crippen LogP contribution in [0, 0.1) is 11.3 Å². The molecule has 1 saturated heterocycles. The summed E-state index contributed by atoms with van der Waals surface area (Å²) < 4.78 is 0. The minimum atomic E-state index is 0.510. The predicted molar refractivity (Wildman–Crippen MR) is 61.8 cm³/mol. The lowest BCUT2D eigenvalue weighted by Gasteiger charge is -2.23. The smallest absolute Gasteiger partial charge is 0.0669 e. The first kappa shape index (κ1) is 10.0. The zero-order valence-corrected chi connectivity index (χ0v) is 9.11. The van der Waals surface area contributed by atoms with Gasteiger partial charge in [-0.15, -0.1) is 0 Å². The summed E-state index contributed by atoms with van der Waals surface area (Å²) in [5, 5.41) is 8.58. The largest absolute Gasteiger partial charge is 0.369 e. The molecular weight excluding hydrogens is 184 g/mol. The van der Waals surface area contributed by atoms with Gasteiger partial charge in [0.1, 0.15) is 0 Å². The van der Waals surface area contributed by atoms with E-state index in [1.54, 1.807) is 0 Å². The standard InChI is InChI=1S/C13H16N2/c1-11-3-2-10-15(11)13-6-4-12(5-7-13)8-9-14/h4-7,11H,2-3,8,10H2,1H3. The van der Waals surface area contributed by atoms with Crippen LogP contribution in [0.3, 0.4) is 0 Å². The SMILES string of the molecule is CC1CCCN1c1ccc(CC#N)cc1. The van der Waals surface area contributed by atoms with E-state index in [4.69, 9.17) is 5.26 Å². The molecule has 15 heavy (non-hydrogen) atoms. The Kier molecular flexibility index (Phi) is 2.91. The maximum absolute atomic E-state index is 8.58. The Morgan fingerprint density at radius 2 is 2.13 bits per heavy atom. The van der Waals surface area contributed by atoms with E-state index in [2.05, 4.69) is 42.2 Å². The van der Waals surface area contributed by atoms with Crippen LogP contribution in [0.15, 0.2) is 24.3 Å². The van der Waals surface area contributed by atoms with Gasteiger partial charge in [-0.25, -0.2) is 0 Å². The molecule has 78 valence electrons. The van der Waals surface area contributed by atoms with Gasteiger partial charge < -0.3 is 4.90 Å². The molecule has 2 rings (SSSR count). The van der Waals surface area contributed by atoms with Gasteiger partial charge in [0, 0.05) is 18.3 Å². The van der Waals surface area contributed by atoms with Gasteiger partial charge in [-0.05, 0) is 37.5 Å². The monoisotopic (exact) mass is 200 g/mol. The lowest BCUT2D eigenvalue weighted by molar-refractivity contribution is 0.735. The summed E-state index contributed by atoms with van der Waals surface area (Å²) in [6.07, 6.45) is 3.09. The highest BCUT2D eigenvalue weighted by molar-refractivity contribution is 5.49. The quantitative estimate of drug-likeness (QED) is 0.734. The van der Waals surface area contributed by atoms with Crippen LogP contribution in [-0.4, -0.2) is 12.6 Å². The van der Waals surface area contributed by atoms with Crippen molar-refractivity contribution in [3.63, 3.8) is 0 Å². The first-order valence-corrected chi connectivity index (χ1v) is 5.54. The Bertz CT molecular complexity index is 361. The van der Waals surface area contributed by atoms with Crippen LogP contribution in [0.4, 0.5) is 5.69 Å². The molecule has 0 saturated carbocycles. The average molecular weight is 200 g/mol. The van der Waals surface area contributed by atoms with Crippen LogP contribution < -0.4 is 4.90 Å². The molecule has 0 aromatic heterocycles. The molecule has 1 aliphatic heterocycles. The second-order valence-electron chi connectivity index (χ2n) is 4.19. The highest BCUT2D eigenvalue weighted by Gasteiger charge is 2.19. The molecular formula is C13H16N2. The molecule has 1 aromatic carbocycles. The third kappa shape index (κ3) is 2.12. The molecule has 1 aliphatic rings. The number of rotatable bonds is 2. The van der Waals surface area contributed by atoms with Crippen molar-refractivity contribution in [3.05, 3.63) is 29.8 Å². The van der Waals surface area contributed by atoms with E-state index in [9.17, 15) is 0 Å². The van der Waals surface area contributed by atoms with E-state index in [0.717, 1.165) is 5.56 Å². The van der Waals surface area contributed by atoms with E-state index >= 15 is 0 Å². The minimum absolute atomic E-state index is 0.510. The third-order valence-corrected chi connectivity index (χ3v) is 3.10. The Balaban J connectivity index is 2.13. The van der Waals surface area contributed by atoms with Crippen LogP contribution in [0.2, 0.25) is 0 Å². The molecule has 0 N–H and O–H groups in total. The van der Waals surface area contributed by atoms with Gasteiger partial charge >= 0.3 is 0 Å². The molecule has 0 amide bonds. The molecule has 1 unspecified atom stereocenters. The Hall–Kier alpha value is -1.49. The zero-order valence-electron chi connectivity index (χ0n) is 9.11. The van der Waals surface area contributed by atoms with E-state index in [1.165, 1.54) is 25.1 Å². The van der Waals surface area contributed by atoms with Crippen molar-refractivity contribution in [3.8, 4) is 6.07 Å². The molecule has 0 radical (unpaired) electrons. The summed E-state index contributed by atoms with van der Waals surface area (Å²) >= 11 is 0. The topological polar surface area (TPSA) is 27.0 Å². The molecule has 2 nitrogen and oxygen atoms in total. The molecule has 0 aliphatic carbocycles. The molecule has 1 aromatic rings. The summed E-state index contributed by atoms with van der Waals surface area (Å²) in [7, 11) is 0. The van der Waals surface area contributed by atoms with E-state index in [0.29, 0.717) is 12.5 Å². The third-order valence-electron chi connectivity index (χ3n) is 3.10. The fourth-order valence-electron chi connectivity index (χ4n) is 2.21. The van der Waals surface area contributed by atoms with E-state index < -0.39 is 0 Å². The molecule has 1 heterocycles. The summed E-state index contributed by atoms with van der Waals surface area (Å²) in [5.41, 5.74) is 2.40.